The van der Waals surface area contributed by atoms with Gasteiger partial charge in [-0.1, -0.05) is 30.3 Å². The molecule has 1 aliphatic carbocycles. The summed E-state index contributed by atoms with van der Waals surface area (Å²) in [5.41, 5.74) is 1.54. The minimum atomic E-state index is -0.234. The van der Waals surface area contributed by atoms with E-state index in [0.29, 0.717) is 6.04 Å². The van der Waals surface area contributed by atoms with Crippen molar-refractivity contribution in [2.45, 2.75) is 57.2 Å². The van der Waals surface area contributed by atoms with E-state index in [4.69, 9.17) is 4.74 Å². The topological polar surface area (TPSA) is 41.6 Å². The molecule has 2 aliphatic heterocycles. The number of ether oxygens (including phenoxy) is 1. The summed E-state index contributed by atoms with van der Waals surface area (Å²) in [7, 11) is 0. The zero-order valence-electron chi connectivity index (χ0n) is 14.4. The van der Waals surface area contributed by atoms with Gasteiger partial charge in [-0.05, 0) is 50.6 Å². The van der Waals surface area contributed by atoms with Gasteiger partial charge in [0, 0.05) is 24.5 Å². The summed E-state index contributed by atoms with van der Waals surface area (Å²) < 4.78 is 5.94. The van der Waals surface area contributed by atoms with E-state index in [-0.39, 0.29) is 17.4 Å². The quantitative estimate of drug-likeness (QED) is 0.924. The Hall–Kier alpha value is -1.39. The van der Waals surface area contributed by atoms with Crippen LogP contribution in [-0.4, -0.2) is 42.6 Å². The first-order chi connectivity index (χ1) is 11.7. The van der Waals surface area contributed by atoms with Crippen molar-refractivity contribution in [2.24, 2.45) is 5.41 Å². The molecule has 1 aromatic rings. The molecule has 0 aromatic heterocycles. The summed E-state index contributed by atoms with van der Waals surface area (Å²) in [5.74, 6) is 0.122. The summed E-state index contributed by atoms with van der Waals surface area (Å²) in [4.78, 5) is 14.9. The Kier molecular flexibility index (Phi) is 4.59. The summed E-state index contributed by atoms with van der Waals surface area (Å²) in [5, 5.41) is 3.15. The Bertz CT molecular complexity index is 572. The molecule has 1 saturated carbocycles. The first-order valence-electron chi connectivity index (χ1n) is 9.41. The summed E-state index contributed by atoms with van der Waals surface area (Å²) >= 11 is 0. The van der Waals surface area contributed by atoms with Gasteiger partial charge in [-0.25, -0.2) is 0 Å². The fourth-order valence-electron chi connectivity index (χ4n) is 4.37. The van der Waals surface area contributed by atoms with Crippen molar-refractivity contribution < 1.29 is 9.53 Å². The van der Waals surface area contributed by atoms with Crippen LogP contribution in [0.2, 0.25) is 0 Å². The predicted molar refractivity (Wildman–Crippen MR) is 93.5 cm³/mol. The zero-order valence-corrected chi connectivity index (χ0v) is 14.4. The number of rotatable bonds is 4. The van der Waals surface area contributed by atoms with Gasteiger partial charge in [-0.3, -0.25) is 9.69 Å². The molecule has 2 heterocycles. The van der Waals surface area contributed by atoms with Crippen LogP contribution in [0.25, 0.3) is 0 Å². The Morgan fingerprint density at radius 1 is 1.25 bits per heavy atom. The van der Waals surface area contributed by atoms with E-state index >= 15 is 0 Å². The minimum Gasteiger partial charge on any atom is -0.368 e. The molecular formula is C20H28N2O2. The maximum Gasteiger partial charge on any atom is 0.249 e. The van der Waals surface area contributed by atoms with Crippen LogP contribution in [0.5, 0.6) is 0 Å². The van der Waals surface area contributed by atoms with Crippen molar-refractivity contribution in [3.05, 3.63) is 35.9 Å². The Morgan fingerprint density at radius 2 is 2.08 bits per heavy atom. The number of hydrogen-bond acceptors (Lipinski definition) is 3. The molecule has 3 aliphatic rings. The van der Waals surface area contributed by atoms with Gasteiger partial charge in [0.05, 0.1) is 6.61 Å². The highest BCUT2D eigenvalue weighted by atomic mass is 16.5. The van der Waals surface area contributed by atoms with Crippen molar-refractivity contribution in [1.82, 2.24) is 10.2 Å². The number of carbonyl (C=O) groups is 1. The van der Waals surface area contributed by atoms with Crippen LogP contribution in [-0.2, 0) is 16.1 Å². The molecule has 2 atom stereocenters. The van der Waals surface area contributed by atoms with E-state index < -0.39 is 0 Å². The molecule has 2 unspecified atom stereocenters. The van der Waals surface area contributed by atoms with E-state index in [2.05, 4.69) is 40.5 Å². The number of hydrogen-bond donors (Lipinski definition) is 1. The van der Waals surface area contributed by atoms with E-state index in [1.165, 1.54) is 24.8 Å². The average molecular weight is 328 g/mol. The number of likely N-dealkylation sites (tertiary alicyclic amines) is 1. The number of benzene rings is 1. The lowest BCUT2D eigenvalue weighted by Crippen LogP contribution is -2.46. The third-order valence-corrected chi connectivity index (χ3v) is 5.94. The maximum atomic E-state index is 12.4. The van der Waals surface area contributed by atoms with Gasteiger partial charge in [-0.2, -0.15) is 0 Å². The normalized spacial score (nSPS) is 31.1. The monoisotopic (exact) mass is 328 g/mol. The first kappa shape index (κ1) is 16.1. The van der Waals surface area contributed by atoms with Crippen LogP contribution in [0.4, 0.5) is 0 Å². The van der Waals surface area contributed by atoms with Crippen molar-refractivity contribution >= 4 is 5.91 Å². The highest BCUT2D eigenvalue weighted by Crippen LogP contribution is 2.41. The van der Waals surface area contributed by atoms with Crippen LogP contribution in [0.1, 0.15) is 44.1 Å². The van der Waals surface area contributed by atoms with E-state index in [1.807, 2.05) is 0 Å². The molecule has 130 valence electrons. The number of nitrogens with one attached hydrogen (secondary N) is 1. The van der Waals surface area contributed by atoms with Gasteiger partial charge in [0.1, 0.15) is 6.10 Å². The first-order valence-corrected chi connectivity index (χ1v) is 9.41. The maximum absolute atomic E-state index is 12.4. The zero-order chi connectivity index (χ0) is 16.4. The lowest BCUT2D eigenvalue weighted by molar-refractivity contribution is -0.131. The minimum absolute atomic E-state index is 0.122. The highest BCUT2D eigenvalue weighted by Gasteiger charge is 2.45. The molecule has 1 amide bonds. The molecule has 1 aromatic carbocycles. The standard InChI is InChI=1S/C20H28N2O2/c23-19(21-17-8-4-9-17)18-12-20(15-24-18)10-5-11-22(14-20)13-16-6-2-1-3-7-16/h1-3,6-7,17-18H,4-5,8-15H2,(H,21,23). The second-order valence-electron chi connectivity index (χ2n) is 7.94. The molecule has 4 nitrogen and oxygen atoms in total. The van der Waals surface area contributed by atoms with E-state index in [1.54, 1.807) is 0 Å². The predicted octanol–water partition coefficient (Wildman–Crippen LogP) is 2.73. The number of amides is 1. The lowest BCUT2D eigenvalue weighted by Gasteiger charge is -2.39. The van der Waals surface area contributed by atoms with Gasteiger partial charge < -0.3 is 10.1 Å². The molecule has 0 radical (unpaired) electrons. The number of piperidine rings is 1. The molecule has 3 fully saturated rings. The van der Waals surface area contributed by atoms with Crippen LogP contribution in [0.3, 0.4) is 0 Å². The number of carbonyl (C=O) groups excluding carboxylic acids is 1. The molecule has 0 bridgehead atoms. The highest BCUT2D eigenvalue weighted by molar-refractivity contribution is 5.81. The van der Waals surface area contributed by atoms with Gasteiger partial charge in [0.25, 0.3) is 0 Å². The second kappa shape index (κ2) is 6.85. The van der Waals surface area contributed by atoms with Crippen LogP contribution in [0, 0.1) is 5.41 Å². The summed E-state index contributed by atoms with van der Waals surface area (Å²) in [6, 6.07) is 11.1. The van der Waals surface area contributed by atoms with Crippen LogP contribution < -0.4 is 5.32 Å². The van der Waals surface area contributed by atoms with Crippen molar-refractivity contribution in [3.8, 4) is 0 Å². The summed E-state index contributed by atoms with van der Waals surface area (Å²) in [6.45, 7) is 3.94. The number of nitrogens with zero attached hydrogens (tertiary/aromatic N) is 1. The van der Waals surface area contributed by atoms with Gasteiger partial charge in [0.15, 0.2) is 0 Å². The van der Waals surface area contributed by atoms with Gasteiger partial charge in [0.2, 0.25) is 5.91 Å². The molecule has 1 N–H and O–H groups in total. The SMILES string of the molecule is O=C(NC1CCC1)C1CC2(CCCN(Cc3ccccc3)C2)CO1. The second-order valence-corrected chi connectivity index (χ2v) is 7.94. The average Bonchev–Trinajstić information content (AvgIpc) is 2.95. The molecule has 2 saturated heterocycles. The smallest absolute Gasteiger partial charge is 0.249 e. The Labute approximate surface area is 144 Å². The van der Waals surface area contributed by atoms with E-state index in [0.717, 1.165) is 45.5 Å². The molecular weight excluding hydrogens is 300 g/mol. The van der Waals surface area contributed by atoms with Crippen molar-refractivity contribution in [2.75, 3.05) is 19.7 Å². The van der Waals surface area contributed by atoms with Crippen LogP contribution in [0.15, 0.2) is 30.3 Å². The molecule has 24 heavy (non-hydrogen) atoms. The third-order valence-electron chi connectivity index (χ3n) is 5.94. The fraction of sp³-hybridized carbons (Fsp3) is 0.650. The van der Waals surface area contributed by atoms with E-state index in [9.17, 15) is 4.79 Å². The molecule has 4 rings (SSSR count). The van der Waals surface area contributed by atoms with Crippen LogP contribution >= 0.6 is 0 Å². The van der Waals surface area contributed by atoms with Gasteiger partial charge >= 0.3 is 0 Å². The Balaban J connectivity index is 1.34. The molecule has 4 heteroatoms. The lowest BCUT2D eigenvalue weighted by atomic mass is 9.77. The van der Waals surface area contributed by atoms with Crippen molar-refractivity contribution in [1.29, 1.82) is 0 Å². The third kappa shape index (κ3) is 3.50. The Morgan fingerprint density at radius 3 is 2.83 bits per heavy atom. The fourth-order valence-corrected chi connectivity index (χ4v) is 4.37. The largest absolute Gasteiger partial charge is 0.368 e. The molecule has 1 spiro atoms. The van der Waals surface area contributed by atoms with Crippen molar-refractivity contribution in [3.63, 3.8) is 0 Å². The summed E-state index contributed by atoms with van der Waals surface area (Å²) in [6.07, 6.45) is 6.55. The van der Waals surface area contributed by atoms with Gasteiger partial charge in [-0.15, -0.1) is 0 Å².